The predicted octanol–water partition coefficient (Wildman–Crippen LogP) is 2.96. The van der Waals surface area contributed by atoms with Crippen LogP contribution >= 0.6 is 0 Å². The zero-order chi connectivity index (χ0) is 17.6. The van der Waals surface area contributed by atoms with Crippen LogP contribution < -0.4 is 9.47 Å². The summed E-state index contributed by atoms with van der Waals surface area (Å²) in [5.74, 6) is -1.16. The minimum absolute atomic E-state index is 0.111. The Balaban J connectivity index is 1.55. The number of ether oxygens (including phenoxy) is 2. The van der Waals surface area contributed by atoms with E-state index < -0.39 is 11.8 Å². The summed E-state index contributed by atoms with van der Waals surface area (Å²) in [6.07, 6.45) is 1.69. The summed E-state index contributed by atoms with van der Waals surface area (Å²) in [4.78, 5) is 26.2. The fourth-order valence-electron chi connectivity index (χ4n) is 2.33. The molecule has 6 heteroatoms. The summed E-state index contributed by atoms with van der Waals surface area (Å²) in [5, 5.41) is 9.59. The van der Waals surface area contributed by atoms with Crippen LogP contribution in [0.2, 0.25) is 0 Å². The SMILES string of the molecule is O=C(O)C(=O)c1ccc(OCCOc2ccnc3ccccc23)cc1. The summed E-state index contributed by atoms with van der Waals surface area (Å²) in [6, 6.07) is 15.4. The van der Waals surface area contributed by atoms with Crippen molar-refractivity contribution in [1.29, 1.82) is 0 Å². The third kappa shape index (κ3) is 3.92. The Labute approximate surface area is 143 Å². The highest BCUT2D eigenvalue weighted by molar-refractivity contribution is 6.39. The average molecular weight is 337 g/mol. The Morgan fingerprint density at radius 2 is 1.64 bits per heavy atom. The molecular formula is C19H15NO5. The van der Waals surface area contributed by atoms with E-state index in [1.807, 2.05) is 24.3 Å². The summed E-state index contributed by atoms with van der Waals surface area (Å²) >= 11 is 0. The van der Waals surface area contributed by atoms with Gasteiger partial charge in [-0.1, -0.05) is 12.1 Å². The number of carboxylic acid groups (broad SMARTS) is 1. The quantitative estimate of drug-likeness (QED) is 0.405. The number of pyridine rings is 1. The lowest BCUT2D eigenvalue weighted by Crippen LogP contribution is -2.12. The first kappa shape index (κ1) is 16.4. The van der Waals surface area contributed by atoms with Crippen LogP contribution in [0, 0.1) is 0 Å². The summed E-state index contributed by atoms with van der Waals surface area (Å²) < 4.78 is 11.3. The molecule has 3 rings (SSSR count). The van der Waals surface area contributed by atoms with Crippen LogP contribution in [0.25, 0.3) is 10.9 Å². The fraction of sp³-hybridized carbons (Fsp3) is 0.105. The molecule has 0 aliphatic carbocycles. The van der Waals surface area contributed by atoms with E-state index in [1.54, 1.807) is 24.4 Å². The monoisotopic (exact) mass is 337 g/mol. The van der Waals surface area contributed by atoms with Gasteiger partial charge in [-0.15, -0.1) is 0 Å². The number of aliphatic carboxylic acids is 1. The van der Waals surface area contributed by atoms with Crippen LogP contribution in [0.3, 0.4) is 0 Å². The number of carbonyl (C=O) groups excluding carboxylic acids is 1. The molecule has 0 atom stereocenters. The van der Waals surface area contributed by atoms with Crippen LogP contribution in [0.5, 0.6) is 11.5 Å². The topological polar surface area (TPSA) is 85.7 Å². The number of nitrogens with zero attached hydrogens (tertiary/aromatic N) is 1. The van der Waals surface area contributed by atoms with E-state index >= 15 is 0 Å². The van der Waals surface area contributed by atoms with Crippen molar-refractivity contribution in [2.45, 2.75) is 0 Å². The first-order chi connectivity index (χ1) is 12.1. The summed E-state index contributed by atoms with van der Waals surface area (Å²) in [5.41, 5.74) is 0.971. The van der Waals surface area contributed by atoms with Gasteiger partial charge < -0.3 is 14.6 Å². The lowest BCUT2D eigenvalue weighted by Gasteiger charge is -2.10. The van der Waals surface area contributed by atoms with E-state index in [1.165, 1.54) is 12.1 Å². The number of para-hydroxylation sites is 1. The van der Waals surface area contributed by atoms with Gasteiger partial charge >= 0.3 is 5.97 Å². The van der Waals surface area contributed by atoms with Crippen molar-refractivity contribution in [2.75, 3.05) is 13.2 Å². The smallest absolute Gasteiger partial charge is 0.377 e. The van der Waals surface area contributed by atoms with Gasteiger partial charge in [0.05, 0.1) is 5.52 Å². The molecule has 0 aliphatic heterocycles. The van der Waals surface area contributed by atoms with Crippen molar-refractivity contribution in [1.82, 2.24) is 4.98 Å². The van der Waals surface area contributed by atoms with E-state index in [9.17, 15) is 9.59 Å². The molecule has 25 heavy (non-hydrogen) atoms. The third-order valence-electron chi connectivity index (χ3n) is 3.53. The molecule has 0 fully saturated rings. The number of Topliss-reactive ketones (excluding diaryl/α,β-unsaturated/α-hetero) is 1. The van der Waals surface area contributed by atoms with Gasteiger partial charge in [-0.05, 0) is 42.5 Å². The zero-order valence-corrected chi connectivity index (χ0v) is 13.2. The van der Waals surface area contributed by atoms with Crippen molar-refractivity contribution in [3.63, 3.8) is 0 Å². The van der Waals surface area contributed by atoms with E-state index in [-0.39, 0.29) is 5.56 Å². The first-order valence-corrected chi connectivity index (χ1v) is 7.62. The molecule has 1 N–H and O–H groups in total. The molecular weight excluding hydrogens is 322 g/mol. The second-order valence-corrected chi connectivity index (χ2v) is 5.18. The second-order valence-electron chi connectivity index (χ2n) is 5.18. The van der Waals surface area contributed by atoms with Gasteiger partial charge in [0.1, 0.15) is 24.7 Å². The van der Waals surface area contributed by atoms with E-state index in [0.29, 0.717) is 19.0 Å². The summed E-state index contributed by atoms with van der Waals surface area (Å²) in [6.45, 7) is 0.646. The molecule has 0 unspecified atom stereocenters. The number of carbonyl (C=O) groups is 2. The van der Waals surface area contributed by atoms with Crippen molar-refractivity contribution < 1.29 is 24.2 Å². The second kappa shape index (κ2) is 7.44. The normalized spacial score (nSPS) is 10.4. The predicted molar refractivity (Wildman–Crippen MR) is 91.1 cm³/mol. The molecule has 2 aromatic carbocycles. The number of hydrogen-bond donors (Lipinski definition) is 1. The van der Waals surface area contributed by atoms with Crippen LogP contribution in [0.15, 0.2) is 60.8 Å². The van der Waals surface area contributed by atoms with Crippen molar-refractivity contribution in [2.24, 2.45) is 0 Å². The molecule has 0 aliphatic rings. The van der Waals surface area contributed by atoms with Gasteiger partial charge in [0.2, 0.25) is 0 Å². The molecule has 1 heterocycles. The lowest BCUT2D eigenvalue weighted by atomic mass is 10.1. The highest BCUT2D eigenvalue weighted by Crippen LogP contribution is 2.23. The van der Waals surface area contributed by atoms with E-state index in [0.717, 1.165) is 16.7 Å². The molecule has 0 spiro atoms. The van der Waals surface area contributed by atoms with Crippen molar-refractivity contribution >= 4 is 22.7 Å². The number of benzene rings is 2. The van der Waals surface area contributed by atoms with Crippen LogP contribution in [0.4, 0.5) is 0 Å². The van der Waals surface area contributed by atoms with E-state index in [2.05, 4.69) is 4.98 Å². The van der Waals surface area contributed by atoms with Crippen LogP contribution in [0.1, 0.15) is 10.4 Å². The van der Waals surface area contributed by atoms with Gasteiger partial charge in [0.25, 0.3) is 5.78 Å². The number of aromatic nitrogens is 1. The first-order valence-electron chi connectivity index (χ1n) is 7.62. The molecule has 126 valence electrons. The number of ketones is 1. The van der Waals surface area contributed by atoms with Crippen LogP contribution in [-0.4, -0.2) is 35.1 Å². The number of carboxylic acids is 1. The van der Waals surface area contributed by atoms with Gasteiger partial charge in [-0.2, -0.15) is 0 Å². The molecule has 0 saturated heterocycles. The molecule has 0 saturated carbocycles. The Morgan fingerprint density at radius 1 is 0.920 bits per heavy atom. The standard InChI is InChI=1S/C19H15NO5/c21-18(19(22)23)13-5-7-14(8-6-13)24-11-12-25-17-9-10-20-16-4-2-1-3-15(16)17/h1-10H,11-12H2,(H,22,23). The van der Waals surface area contributed by atoms with Gasteiger partial charge in [-0.3, -0.25) is 9.78 Å². The van der Waals surface area contributed by atoms with Gasteiger partial charge in [0, 0.05) is 17.1 Å². The molecule has 0 amide bonds. The Bertz CT molecular complexity index is 900. The minimum atomic E-state index is -1.48. The minimum Gasteiger partial charge on any atom is -0.490 e. The molecule has 3 aromatic rings. The van der Waals surface area contributed by atoms with Crippen molar-refractivity contribution in [3.05, 3.63) is 66.4 Å². The third-order valence-corrected chi connectivity index (χ3v) is 3.53. The number of hydrogen-bond acceptors (Lipinski definition) is 5. The molecule has 0 bridgehead atoms. The number of fused-ring (bicyclic) bond motifs is 1. The van der Waals surface area contributed by atoms with Gasteiger partial charge in [0.15, 0.2) is 0 Å². The van der Waals surface area contributed by atoms with Crippen LogP contribution in [-0.2, 0) is 4.79 Å². The highest BCUT2D eigenvalue weighted by Gasteiger charge is 2.13. The Hall–Kier alpha value is -3.41. The van der Waals surface area contributed by atoms with Crippen molar-refractivity contribution in [3.8, 4) is 11.5 Å². The largest absolute Gasteiger partial charge is 0.490 e. The Morgan fingerprint density at radius 3 is 2.40 bits per heavy atom. The Kier molecular flexibility index (Phi) is 4.89. The van der Waals surface area contributed by atoms with Gasteiger partial charge in [-0.25, -0.2) is 4.79 Å². The molecule has 1 aromatic heterocycles. The lowest BCUT2D eigenvalue weighted by molar-refractivity contribution is -0.131. The van der Waals surface area contributed by atoms with E-state index in [4.69, 9.17) is 14.6 Å². The number of rotatable bonds is 7. The molecule has 0 radical (unpaired) electrons. The fourth-order valence-corrected chi connectivity index (χ4v) is 2.33. The zero-order valence-electron chi connectivity index (χ0n) is 13.2. The molecule has 6 nitrogen and oxygen atoms in total. The summed E-state index contributed by atoms with van der Waals surface area (Å²) in [7, 11) is 0. The highest BCUT2D eigenvalue weighted by atomic mass is 16.5. The maximum absolute atomic E-state index is 11.3. The maximum atomic E-state index is 11.3. The average Bonchev–Trinajstić information content (AvgIpc) is 2.65. The maximum Gasteiger partial charge on any atom is 0.377 e.